The van der Waals surface area contributed by atoms with Crippen molar-refractivity contribution in [1.82, 2.24) is 0 Å². The first-order valence-electron chi connectivity index (χ1n) is 6.53. The third kappa shape index (κ3) is 2.61. The van der Waals surface area contributed by atoms with Gasteiger partial charge in [-0.3, -0.25) is 0 Å². The van der Waals surface area contributed by atoms with Gasteiger partial charge in [-0.1, -0.05) is 13.8 Å². The Kier molecular flexibility index (Phi) is 3.53. The molecule has 0 saturated heterocycles. The van der Waals surface area contributed by atoms with Crippen molar-refractivity contribution >= 4 is 0 Å². The van der Waals surface area contributed by atoms with Crippen LogP contribution >= 0.6 is 0 Å². The first-order valence-corrected chi connectivity index (χ1v) is 6.53. The predicted molar refractivity (Wildman–Crippen MR) is 73.5 cm³/mol. The number of methoxy groups -OCH3 is 2. The van der Waals surface area contributed by atoms with Crippen LogP contribution in [0.1, 0.15) is 43.7 Å². The lowest BCUT2D eigenvalue weighted by Gasteiger charge is -2.19. The summed E-state index contributed by atoms with van der Waals surface area (Å²) in [4.78, 5) is 0. The Bertz CT molecular complexity index is 436. The highest BCUT2D eigenvalue weighted by atomic mass is 16.5. The standard InChI is InChI=1S/C15H23NO2/c1-10(2)12-8-14(18-4)13(17-3)7-11(12)9-15(16)5-6-15/h7-8,10H,5-6,9,16H2,1-4H3. The van der Waals surface area contributed by atoms with Crippen LogP contribution in [0, 0.1) is 0 Å². The monoisotopic (exact) mass is 249 g/mol. The van der Waals surface area contributed by atoms with E-state index in [4.69, 9.17) is 15.2 Å². The third-order valence-corrected chi connectivity index (χ3v) is 3.70. The van der Waals surface area contributed by atoms with Gasteiger partial charge in [-0.15, -0.1) is 0 Å². The molecule has 0 bridgehead atoms. The van der Waals surface area contributed by atoms with Gasteiger partial charge < -0.3 is 15.2 Å². The minimum Gasteiger partial charge on any atom is -0.493 e. The molecule has 2 N–H and O–H groups in total. The second-order valence-corrected chi connectivity index (χ2v) is 5.60. The van der Waals surface area contributed by atoms with E-state index in [1.807, 2.05) is 0 Å². The van der Waals surface area contributed by atoms with Crippen LogP contribution in [-0.4, -0.2) is 19.8 Å². The van der Waals surface area contributed by atoms with E-state index in [-0.39, 0.29) is 5.54 Å². The molecule has 100 valence electrons. The normalized spacial score (nSPS) is 16.8. The lowest BCUT2D eigenvalue weighted by Crippen LogP contribution is -2.25. The second kappa shape index (κ2) is 4.81. The molecule has 0 spiro atoms. The Labute approximate surface area is 109 Å². The van der Waals surface area contributed by atoms with Crippen LogP contribution in [0.2, 0.25) is 0 Å². The fourth-order valence-electron chi connectivity index (χ4n) is 2.34. The molecule has 1 aromatic carbocycles. The maximum atomic E-state index is 6.24. The zero-order valence-electron chi connectivity index (χ0n) is 11.7. The second-order valence-electron chi connectivity index (χ2n) is 5.60. The molecule has 0 amide bonds. The van der Waals surface area contributed by atoms with Crippen LogP contribution in [0.3, 0.4) is 0 Å². The number of benzene rings is 1. The summed E-state index contributed by atoms with van der Waals surface area (Å²) >= 11 is 0. The average Bonchev–Trinajstić information content (AvgIpc) is 3.05. The van der Waals surface area contributed by atoms with Gasteiger partial charge in [0.2, 0.25) is 0 Å². The lowest BCUT2D eigenvalue weighted by molar-refractivity contribution is 0.353. The van der Waals surface area contributed by atoms with Gasteiger partial charge >= 0.3 is 0 Å². The molecule has 1 aromatic rings. The van der Waals surface area contributed by atoms with Gasteiger partial charge in [0.05, 0.1) is 14.2 Å². The molecule has 1 saturated carbocycles. The maximum absolute atomic E-state index is 6.24. The zero-order chi connectivity index (χ0) is 13.3. The van der Waals surface area contributed by atoms with Crippen molar-refractivity contribution in [3.8, 4) is 11.5 Å². The largest absolute Gasteiger partial charge is 0.493 e. The van der Waals surface area contributed by atoms with E-state index in [0.717, 1.165) is 30.8 Å². The topological polar surface area (TPSA) is 44.5 Å². The predicted octanol–water partition coefficient (Wildman–Crippen LogP) is 2.86. The summed E-state index contributed by atoms with van der Waals surface area (Å²) in [5.74, 6) is 2.05. The summed E-state index contributed by atoms with van der Waals surface area (Å²) in [7, 11) is 3.35. The SMILES string of the molecule is COc1cc(CC2(N)CC2)c(C(C)C)cc1OC. The Balaban J connectivity index is 2.41. The Hall–Kier alpha value is -1.22. The van der Waals surface area contributed by atoms with E-state index < -0.39 is 0 Å². The van der Waals surface area contributed by atoms with Crippen molar-refractivity contribution in [3.63, 3.8) is 0 Å². The minimum absolute atomic E-state index is 0.0171. The molecule has 1 aliphatic carbocycles. The molecule has 0 aromatic heterocycles. The van der Waals surface area contributed by atoms with Crippen molar-refractivity contribution in [1.29, 1.82) is 0 Å². The summed E-state index contributed by atoms with van der Waals surface area (Å²) < 4.78 is 10.8. The molecular weight excluding hydrogens is 226 g/mol. The van der Waals surface area contributed by atoms with Crippen molar-refractivity contribution in [3.05, 3.63) is 23.3 Å². The smallest absolute Gasteiger partial charge is 0.161 e. The van der Waals surface area contributed by atoms with Crippen LogP contribution in [0.25, 0.3) is 0 Å². The Morgan fingerprint density at radius 2 is 1.72 bits per heavy atom. The number of rotatable bonds is 5. The summed E-state index contributed by atoms with van der Waals surface area (Å²) in [6, 6.07) is 4.17. The van der Waals surface area contributed by atoms with Gasteiger partial charge in [0, 0.05) is 5.54 Å². The van der Waals surface area contributed by atoms with Crippen LogP contribution in [0.15, 0.2) is 12.1 Å². The van der Waals surface area contributed by atoms with Gasteiger partial charge in [-0.25, -0.2) is 0 Å². The van der Waals surface area contributed by atoms with E-state index in [0.29, 0.717) is 5.92 Å². The van der Waals surface area contributed by atoms with E-state index >= 15 is 0 Å². The van der Waals surface area contributed by atoms with E-state index in [9.17, 15) is 0 Å². The molecule has 0 atom stereocenters. The van der Waals surface area contributed by atoms with Gasteiger partial charge in [-0.2, -0.15) is 0 Å². The summed E-state index contributed by atoms with van der Waals surface area (Å²) in [6.45, 7) is 4.39. The summed E-state index contributed by atoms with van der Waals surface area (Å²) in [5, 5.41) is 0. The molecule has 18 heavy (non-hydrogen) atoms. The average molecular weight is 249 g/mol. The number of hydrogen-bond donors (Lipinski definition) is 1. The maximum Gasteiger partial charge on any atom is 0.161 e. The van der Waals surface area contributed by atoms with Crippen LogP contribution in [-0.2, 0) is 6.42 Å². The highest BCUT2D eigenvalue weighted by Gasteiger charge is 2.38. The molecule has 0 unspecified atom stereocenters. The van der Waals surface area contributed by atoms with Gasteiger partial charge in [0.25, 0.3) is 0 Å². The number of nitrogens with two attached hydrogens (primary N) is 1. The number of ether oxygens (including phenoxy) is 2. The summed E-state index contributed by atoms with van der Waals surface area (Å²) in [5.41, 5.74) is 8.86. The molecule has 2 rings (SSSR count). The molecule has 0 heterocycles. The summed E-state index contributed by atoms with van der Waals surface area (Å²) in [6.07, 6.45) is 3.18. The number of hydrogen-bond acceptors (Lipinski definition) is 3. The fourth-order valence-corrected chi connectivity index (χ4v) is 2.34. The van der Waals surface area contributed by atoms with Crippen molar-refractivity contribution in [2.24, 2.45) is 5.73 Å². The molecule has 1 fully saturated rings. The molecule has 3 heteroatoms. The molecule has 0 radical (unpaired) electrons. The molecule has 1 aliphatic rings. The molecule has 3 nitrogen and oxygen atoms in total. The van der Waals surface area contributed by atoms with Crippen LogP contribution in [0.4, 0.5) is 0 Å². The van der Waals surface area contributed by atoms with E-state index in [1.165, 1.54) is 11.1 Å². The quantitative estimate of drug-likeness (QED) is 0.872. The van der Waals surface area contributed by atoms with Gasteiger partial charge in [-0.05, 0) is 48.4 Å². The zero-order valence-corrected chi connectivity index (χ0v) is 11.7. The van der Waals surface area contributed by atoms with Crippen LogP contribution in [0.5, 0.6) is 11.5 Å². The first-order chi connectivity index (χ1) is 8.49. The fraction of sp³-hybridized carbons (Fsp3) is 0.600. The highest BCUT2D eigenvalue weighted by molar-refractivity contribution is 5.49. The van der Waals surface area contributed by atoms with E-state index in [2.05, 4.69) is 26.0 Å². The van der Waals surface area contributed by atoms with Crippen molar-refractivity contribution in [2.45, 2.75) is 44.6 Å². The highest BCUT2D eigenvalue weighted by Crippen LogP contribution is 2.40. The van der Waals surface area contributed by atoms with Crippen molar-refractivity contribution in [2.75, 3.05) is 14.2 Å². The Morgan fingerprint density at radius 1 is 1.17 bits per heavy atom. The molecule has 0 aliphatic heterocycles. The third-order valence-electron chi connectivity index (χ3n) is 3.70. The van der Waals surface area contributed by atoms with Crippen LogP contribution < -0.4 is 15.2 Å². The Morgan fingerprint density at radius 3 is 2.17 bits per heavy atom. The first kappa shape index (κ1) is 13.2. The van der Waals surface area contributed by atoms with Gasteiger partial charge in [0.15, 0.2) is 11.5 Å². The minimum atomic E-state index is 0.0171. The lowest BCUT2D eigenvalue weighted by atomic mass is 9.92. The van der Waals surface area contributed by atoms with Gasteiger partial charge in [0.1, 0.15) is 0 Å². The van der Waals surface area contributed by atoms with Crippen molar-refractivity contribution < 1.29 is 9.47 Å². The molecular formula is C15H23NO2. The van der Waals surface area contributed by atoms with E-state index in [1.54, 1.807) is 14.2 Å².